The molecule has 0 aliphatic heterocycles. The molecule has 0 unspecified atom stereocenters. The maximum absolute atomic E-state index is 7.44. The number of anilines is 3. The van der Waals surface area contributed by atoms with Gasteiger partial charge >= 0.3 is 223 Å². The van der Waals surface area contributed by atoms with Crippen molar-refractivity contribution in [1.29, 1.82) is 0 Å². The number of nitrogens with zero attached hydrogens (tertiary/aromatic N) is 2. The number of rotatable bonds is 9. The third-order valence-corrected chi connectivity index (χ3v) is 20.9. The standard InChI is InChI=1S/C53H38GeN2/c1-55-50-32-37-52(38-33-50)56(53-36-29-40-13-11-12-14-45(40)39-53)51-34-27-44(28-35-51)42-23-21-41(22-24-42)43-25-30-49(31-26-43)54(46-15-5-2-6-16-46,47-17-7-3-8-18-47)48-19-9-4-10-20-48/h2-39H. The van der Waals surface area contributed by atoms with Gasteiger partial charge in [-0.05, 0) is 35.0 Å². The van der Waals surface area contributed by atoms with Crippen LogP contribution in [0.1, 0.15) is 0 Å². The van der Waals surface area contributed by atoms with Gasteiger partial charge in [-0.1, -0.05) is 42.5 Å². The molecule has 0 fully saturated rings. The minimum Gasteiger partial charge on any atom is -0.0616 e. The summed E-state index contributed by atoms with van der Waals surface area (Å²) in [6, 6.07) is 83.3. The van der Waals surface area contributed by atoms with Gasteiger partial charge in [-0.3, -0.25) is 0 Å². The van der Waals surface area contributed by atoms with Gasteiger partial charge in [0.15, 0.2) is 5.69 Å². The molecular weight excluding hydrogens is 737 g/mol. The molecule has 0 spiro atoms. The van der Waals surface area contributed by atoms with Gasteiger partial charge in [0.05, 0.1) is 6.57 Å². The van der Waals surface area contributed by atoms with Crippen molar-refractivity contribution in [3.8, 4) is 22.3 Å². The molecule has 9 aromatic rings. The van der Waals surface area contributed by atoms with E-state index in [0.29, 0.717) is 5.69 Å². The van der Waals surface area contributed by atoms with Crippen molar-refractivity contribution in [3.63, 3.8) is 0 Å². The van der Waals surface area contributed by atoms with Crippen LogP contribution in [0.2, 0.25) is 0 Å². The second kappa shape index (κ2) is 15.4. The summed E-state index contributed by atoms with van der Waals surface area (Å²) in [5.74, 6) is 0. The quantitative estimate of drug-likeness (QED) is 0.105. The number of hydrogen-bond acceptors (Lipinski definition) is 1. The van der Waals surface area contributed by atoms with Crippen molar-refractivity contribution in [1.82, 2.24) is 0 Å². The van der Waals surface area contributed by atoms with Crippen molar-refractivity contribution in [2.75, 3.05) is 4.90 Å². The molecule has 0 amide bonds. The Labute approximate surface area is 331 Å². The van der Waals surface area contributed by atoms with Crippen molar-refractivity contribution in [2.45, 2.75) is 0 Å². The summed E-state index contributed by atoms with van der Waals surface area (Å²) in [6.07, 6.45) is 0. The minimum absolute atomic E-state index is 0.629. The van der Waals surface area contributed by atoms with Gasteiger partial charge in [0.2, 0.25) is 0 Å². The largest absolute Gasteiger partial charge is 0.0616 e. The Kier molecular flexibility index (Phi) is 9.60. The molecule has 0 atom stereocenters. The van der Waals surface area contributed by atoms with Crippen molar-refractivity contribution < 1.29 is 0 Å². The fraction of sp³-hybridized carbons (Fsp3) is 0. The zero-order valence-electron chi connectivity index (χ0n) is 30.8. The van der Waals surface area contributed by atoms with Gasteiger partial charge in [-0.25, -0.2) is 4.85 Å². The molecule has 0 aliphatic rings. The van der Waals surface area contributed by atoms with Gasteiger partial charge in [-0.15, -0.1) is 0 Å². The maximum Gasteiger partial charge on any atom is 0.0467 e. The van der Waals surface area contributed by atoms with Gasteiger partial charge in [0, 0.05) is 11.4 Å². The van der Waals surface area contributed by atoms with Crippen LogP contribution in [-0.2, 0) is 0 Å². The summed E-state index contributed by atoms with van der Waals surface area (Å²) in [5, 5.41) is 2.39. The second-order valence-electron chi connectivity index (χ2n) is 14.0. The van der Waals surface area contributed by atoms with E-state index in [2.05, 4.69) is 216 Å². The molecule has 0 saturated heterocycles. The SMILES string of the molecule is [C-]#[N+]c1ccc(N(c2ccc(-c3ccc(-c4cc[c]([Ge]([c]5ccccc5)([c]5ccccc5)[c]5ccccc5)cc4)cc3)cc2)c2ccc3ccccc3c2)cc1. The zero-order chi connectivity index (χ0) is 37.7. The van der Waals surface area contributed by atoms with Crippen molar-refractivity contribution in [3.05, 3.63) is 242 Å². The van der Waals surface area contributed by atoms with Crippen molar-refractivity contribution >= 4 is 64.4 Å². The molecule has 0 aromatic heterocycles. The first kappa shape index (κ1) is 34.8. The van der Waals surface area contributed by atoms with Gasteiger partial charge in [0.25, 0.3) is 0 Å². The van der Waals surface area contributed by atoms with Crippen LogP contribution in [0.5, 0.6) is 0 Å². The van der Waals surface area contributed by atoms with E-state index in [1.54, 1.807) is 0 Å². The van der Waals surface area contributed by atoms with E-state index in [1.165, 1.54) is 45.0 Å². The fourth-order valence-corrected chi connectivity index (χ4v) is 18.0. The zero-order valence-corrected chi connectivity index (χ0v) is 32.9. The molecule has 9 rings (SSSR count). The summed E-state index contributed by atoms with van der Waals surface area (Å²) in [4.78, 5) is 5.86. The Morgan fingerprint density at radius 1 is 0.321 bits per heavy atom. The topological polar surface area (TPSA) is 7.60 Å². The van der Waals surface area contributed by atoms with Gasteiger partial charge in [0.1, 0.15) is 0 Å². The molecule has 0 saturated carbocycles. The van der Waals surface area contributed by atoms with Gasteiger partial charge < -0.3 is 4.90 Å². The Morgan fingerprint density at radius 3 is 1.14 bits per heavy atom. The average molecular weight is 776 g/mol. The molecule has 0 heterocycles. The van der Waals surface area contributed by atoms with E-state index in [1.807, 2.05) is 24.3 Å². The van der Waals surface area contributed by atoms with Crippen LogP contribution in [0.25, 0.3) is 37.9 Å². The molecular formula is C53H38GeN2. The van der Waals surface area contributed by atoms with E-state index in [9.17, 15) is 0 Å². The molecule has 264 valence electrons. The van der Waals surface area contributed by atoms with Crippen LogP contribution < -0.4 is 22.5 Å². The third-order valence-electron chi connectivity index (χ3n) is 10.8. The summed E-state index contributed by atoms with van der Waals surface area (Å²) in [7, 11) is 0. The predicted molar refractivity (Wildman–Crippen MR) is 239 cm³/mol. The van der Waals surface area contributed by atoms with Crippen molar-refractivity contribution in [2.24, 2.45) is 0 Å². The van der Waals surface area contributed by atoms with Gasteiger partial charge in [-0.2, -0.15) is 0 Å². The Bertz CT molecular complexity index is 2660. The van der Waals surface area contributed by atoms with Crippen LogP contribution in [0.15, 0.2) is 231 Å². The molecule has 56 heavy (non-hydrogen) atoms. The minimum atomic E-state index is -3.30. The summed E-state index contributed by atoms with van der Waals surface area (Å²) in [6.45, 7) is 7.44. The Morgan fingerprint density at radius 2 is 0.679 bits per heavy atom. The van der Waals surface area contributed by atoms with E-state index in [0.717, 1.165) is 22.6 Å². The van der Waals surface area contributed by atoms with Crippen LogP contribution in [-0.4, -0.2) is 13.3 Å². The third kappa shape index (κ3) is 6.60. The normalized spacial score (nSPS) is 11.2. The maximum atomic E-state index is 7.44. The molecule has 0 aliphatic carbocycles. The van der Waals surface area contributed by atoms with Crippen LogP contribution in [0, 0.1) is 6.57 Å². The fourth-order valence-electron chi connectivity index (χ4n) is 8.07. The van der Waals surface area contributed by atoms with E-state index >= 15 is 0 Å². The second-order valence-corrected chi connectivity index (χ2v) is 22.0. The first-order chi connectivity index (χ1) is 27.7. The smallest absolute Gasteiger partial charge is 0.0467 e. The number of fused-ring (bicyclic) bond motifs is 1. The molecule has 0 N–H and O–H groups in total. The first-order valence-electron chi connectivity index (χ1n) is 19.0. The Balaban J connectivity index is 1.03. The number of benzene rings is 9. The average Bonchev–Trinajstić information content (AvgIpc) is 3.29. The molecule has 3 heteroatoms. The van der Waals surface area contributed by atoms with Crippen LogP contribution >= 0.6 is 0 Å². The van der Waals surface area contributed by atoms with Crippen LogP contribution in [0.3, 0.4) is 0 Å². The first-order valence-corrected chi connectivity index (χ1v) is 23.1. The van der Waals surface area contributed by atoms with E-state index in [-0.39, 0.29) is 0 Å². The van der Waals surface area contributed by atoms with E-state index in [4.69, 9.17) is 6.57 Å². The molecule has 9 aromatic carbocycles. The Hall–Kier alpha value is -6.93. The van der Waals surface area contributed by atoms with Crippen LogP contribution in [0.4, 0.5) is 22.7 Å². The summed E-state index contributed by atoms with van der Waals surface area (Å²) >= 11 is -3.30. The molecule has 0 radical (unpaired) electrons. The predicted octanol–water partition coefficient (Wildman–Crippen LogP) is 11.6. The van der Waals surface area contributed by atoms with E-state index < -0.39 is 13.3 Å². The summed E-state index contributed by atoms with van der Waals surface area (Å²) < 4.78 is 5.68. The molecule has 2 nitrogen and oxygen atoms in total. The molecule has 0 bridgehead atoms. The summed E-state index contributed by atoms with van der Waals surface area (Å²) in [5.41, 5.74) is 8.48. The monoisotopic (exact) mass is 776 g/mol. The number of hydrogen-bond donors (Lipinski definition) is 0.